The van der Waals surface area contributed by atoms with Crippen LogP contribution in [-0.4, -0.2) is 130 Å². The zero-order valence-corrected chi connectivity index (χ0v) is 19.9. The van der Waals surface area contributed by atoms with Crippen molar-refractivity contribution in [3.8, 4) is 11.5 Å². The van der Waals surface area contributed by atoms with Gasteiger partial charge in [0, 0.05) is 20.8 Å². The first kappa shape index (κ1) is 29.0. The molecule has 2 aliphatic heterocycles. The molecular formula is C22H31NO14. The molecule has 208 valence electrons. The number of nitrogens with one attached hydrogen (secondary N) is 1. The van der Waals surface area contributed by atoms with Crippen molar-refractivity contribution >= 4 is 11.9 Å². The van der Waals surface area contributed by atoms with Gasteiger partial charge in [0.2, 0.25) is 0 Å². The van der Waals surface area contributed by atoms with E-state index in [-0.39, 0.29) is 24.5 Å². The lowest BCUT2D eigenvalue weighted by Gasteiger charge is -2.45. The Morgan fingerprint density at radius 2 is 1.49 bits per heavy atom. The van der Waals surface area contributed by atoms with Gasteiger partial charge in [0.1, 0.15) is 36.6 Å². The minimum Gasteiger partial charge on any atom is -0.504 e. The van der Waals surface area contributed by atoms with Crippen molar-refractivity contribution in [2.24, 2.45) is 0 Å². The highest BCUT2D eigenvalue weighted by atomic mass is 16.7. The first-order valence-electron chi connectivity index (χ1n) is 11.3. The topological polar surface area (TPSA) is 234 Å². The monoisotopic (exact) mass is 533 g/mol. The average molecular weight is 533 g/mol. The Balaban J connectivity index is 1.75. The Kier molecular flexibility index (Phi) is 9.63. The number of benzene rings is 1. The first-order valence-corrected chi connectivity index (χ1v) is 11.3. The molecule has 0 aromatic heterocycles. The molecule has 2 saturated heterocycles. The number of aliphatic carboxylic acids is 1. The van der Waals surface area contributed by atoms with Gasteiger partial charge in [-0.15, -0.1) is 0 Å². The summed E-state index contributed by atoms with van der Waals surface area (Å²) in [5.74, 6) is -2.99. The van der Waals surface area contributed by atoms with E-state index < -0.39 is 73.3 Å². The Morgan fingerprint density at radius 1 is 0.865 bits per heavy atom. The molecule has 37 heavy (non-hydrogen) atoms. The summed E-state index contributed by atoms with van der Waals surface area (Å²) in [6.45, 7) is 0.0177. The summed E-state index contributed by atoms with van der Waals surface area (Å²) < 4.78 is 26.1. The molecule has 15 heteroatoms. The lowest BCUT2D eigenvalue weighted by atomic mass is 9.96. The maximum atomic E-state index is 13.0. The number of phenolic OH excluding ortho intramolecular Hbond substituents is 2. The van der Waals surface area contributed by atoms with E-state index in [1.165, 1.54) is 25.3 Å². The minimum atomic E-state index is -1.85. The predicted octanol–water partition coefficient (Wildman–Crippen LogP) is -3.22. The molecule has 0 radical (unpaired) electrons. The van der Waals surface area contributed by atoms with Gasteiger partial charge < -0.3 is 64.7 Å². The largest absolute Gasteiger partial charge is 0.504 e. The number of rotatable bonds is 9. The van der Waals surface area contributed by atoms with Crippen molar-refractivity contribution in [3.05, 3.63) is 23.8 Å². The van der Waals surface area contributed by atoms with E-state index >= 15 is 0 Å². The Morgan fingerprint density at radius 3 is 2.08 bits per heavy atom. The van der Waals surface area contributed by atoms with Crippen LogP contribution < -0.4 is 5.32 Å². The van der Waals surface area contributed by atoms with Gasteiger partial charge in [0.05, 0.1) is 0 Å². The number of carboxylic acid groups (broad SMARTS) is 1. The fourth-order valence-corrected chi connectivity index (χ4v) is 4.12. The number of ether oxygens (including phenoxy) is 5. The van der Waals surface area contributed by atoms with Crippen molar-refractivity contribution in [1.29, 1.82) is 0 Å². The van der Waals surface area contributed by atoms with Crippen LogP contribution in [0.25, 0.3) is 0 Å². The number of hydrogen-bond acceptors (Lipinski definition) is 13. The number of methoxy groups -OCH3 is 2. The van der Waals surface area contributed by atoms with Crippen molar-refractivity contribution in [2.75, 3.05) is 20.8 Å². The smallest absolute Gasteiger partial charge is 0.335 e. The molecule has 3 rings (SSSR count). The van der Waals surface area contributed by atoms with Gasteiger partial charge in [0.15, 0.2) is 36.3 Å². The molecule has 10 atom stereocenters. The van der Waals surface area contributed by atoms with Gasteiger partial charge >= 0.3 is 5.97 Å². The number of phenols is 2. The summed E-state index contributed by atoms with van der Waals surface area (Å²) in [5, 5.41) is 72.7. The van der Waals surface area contributed by atoms with Crippen molar-refractivity contribution in [1.82, 2.24) is 5.32 Å². The summed E-state index contributed by atoms with van der Waals surface area (Å²) in [4.78, 5) is 24.6. The highest BCUT2D eigenvalue weighted by Gasteiger charge is 2.54. The van der Waals surface area contributed by atoms with Gasteiger partial charge in [-0.1, -0.05) is 6.07 Å². The summed E-state index contributed by atoms with van der Waals surface area (Å²) in [6.07, 6.45) is -16.7. The van der Waals surface area contributed by atoms with Gasteiger partial charge in [0.25, 0.3) is 5.91 Å². The molecule has 0 bridgehead atoms. The summed E-state index contributed by atoms with van der Waals surface area (Å²) in [6, 6.07) is 4.12. The number of aromatic hydroxyl groups is 2. The fraction of sp³-hybridized carbons (Fsp3) is 0.636. The van der Waals surface area contributed by atoms with Crippen LogP contribution in [0.4, 0.5) is 0 Å². The maximum Gasteiger partial charge on any atom is 0.335 e. The third-order valence-corrected chi connectivity index (χ3v) is 6.14. The second kappa shape index (κ2) is 12.3. The normalized spacial score (nSPS) is 36.2. The zero-order chi connectivity index (χ0) is 27.4. The van der Waals surface area contributed by atoms with E-state index in [0.717, 1.165) is 7.11 Å². The first-order chi connectivity index (χ1) is 17.5. The van der Waals surface area contributed by atoms with Crippen LogP contribution in [0.1, 0.15) is 5.56 Å². The second-order valence-electron chi connectivity index (χ2n) is 8.55. The van der Waals surface area contributed by atoms with Crippen LogP contribution in [-0.2, 0) is 39.7 Å². The summed E-state index contributed by atoms with van der Waals surface area (Å²) in [7, 11) is 2.28. The Labute approximate surface area is 210 Å². The molecule has 0 spiro atoms. The number of carbonyl (C=O) groups excluding carboxylic acids is 1. The van der Waals surface area contributed by atoms with Crippen LogP contribution in [0.3, 0.4) is 0 Å². The van der Waals surface area contributed by atoms with Crippen LogP contribution in [0, 0.1) is 0 Å². The highest BCUT2D eigenvalue weighted by molar-refractivity contribution is 5.81. The number of carboxylic acids is 1. The van der Waals surface area contributed by atoms with Crippen LogP contribution in [0.15, 0.2) is 18.2 Å². The molecule has 1 aromatic rings. The molecule has 1 aromatic carbocycles. The number of aliphatic hydroxyl groups excluding tert-OH is 4. The van der Waals surface area contributed by atoms with Crippen LogP contribution >= 0.6 is 0 Å². The van der Waals surface area contributed by atoms with E-state index in [0.29, 0.717) is 5.56 Å². The van der Waals surface area contributed by atoms with E-state index in [4.69, 9.17) is 23.7 Å². The van der Waals surface area contributed by atoms with Gasteiger partial charge in [-0.2, -0.15) is 0 Å². The maximum absolute atomic E-state index is 13.0. The molecule has 2 aliphatic rings. The molecule has 1 amide bonds. The van der Waals surface area contributed by atoms with Crippen LogP contribution in [0.2, 0.25) is 0 Å². The molecular weight excluding hydrogens is 502 g/mol. The molecule has 8 N–H and O–H groups in total. The lowest BCUT2D eigenvalue weighted by molar-refractivity contribution is -0.348. The quantitative estimate of drug-likeness (QED) is 0.146. The van der Waals surface area contributed by atoms with Crippen molar-refractivity contribution < 1.29 is 69.0 Å². The number of aliphatic hydroxyl groups is 4. The number of carbonyl (C=O) groups is 2. The minimum absolute atomic E-state index is 0.0177. The standard InChI is InChI=1S/C22H31NO14/c1-33-15-11(26)14(29)22(37-18(15)20(31)32)35-16-12(27)13(28)21(34-2)36-17(16)19(30)23-6-5-8-3-4-9(24)10(25)7-8/h3-4,7,11-18,21-22,24-29H,5-6H2,1-2H3,(H,23,30)(H,31,32)/t11?,12?,13?,14?,15?,16?,17-,18?,21-,22?/m1/s1. The van der Waals surface area contributed by atoms with E-state index in [2.05, 4.69) is 5.32 Å². The second-order valence-corrected chi connectivity index (χ2v) is 8.55. The summed E-state index contributed by atoms with van der Waals surface area (Å²) >= 11 is 0. The Bertz CT molecular complexity index is 946. The molecule has 15 nitrogen and oxygen atoms in total. The van der Waals surface area contributed by atoms with E-state index in [1.54, 1.807) is 0 Å². The third-order valence-electron chi connectivity index (χ3n) is 6.14. The van der Waals surface area contributed by atoms with Gasteiger partial charge in [-0.25, -0.2) is 4.79 Å². The Hall–Kier alpha value is -2.60. The predicted molar refractivity (Wildman–Crippen MR) is 118 cm³/mol. The molecule has 2 fully saturated rings. The lowest BCUT2D eigenvalue weighted by Crippen LogP contribution is -2.66. The third kappa shape index (κ3) is 6.28. The highest BCUT2D eigenvalue weighted by Crippen LogP contribution is 2.30. The van der Waals surface area contributed by atoms with Gasteiger partial charge in [-0.3, -0.25) is 4.79 Å². The van der Waals surface area contributed by atoms with E-state index in [9.17, 15) is 45.3 Å². The number of amides is 1. The molecule has 2 heterocycles. The average Bonchev–Trinajstić information content (AvgIpc) is 2.86. The van der Waals surface area contributed by atoms with Crippen LogP contribution in [0.5, 0.6) is 11.5 Å². The molecule has 0 aliphatic carbocycles. The molecule has 0 saturated carbocycles. The summed E-state index contributed by atoms with van der Waals surface area (Å²) in [5.41, 5.74) is 0.582. The van der Waals surface area contributed by atoms with Crippen molar-refractivity contribution in [2.45, 2.75) is 67.8 Å². The van der Waals surface area contributed by atoms with Gasteiger partial charge in [-0.05, 0) is 24.1 Å². The fourth-order valence-electron chi connectivity index (χ4n) is 4.12. The SMILES string of the molecule is COC1C(C(=O)O)OC(OC2C(O)C(O)[C@H](OC)O[C@H]2C(=O)NCCc2ccc(O)c(O)c2)C(O)C1O. The number of hydrogen-bond donors (Lipinski definition) is 8. The zero-order valence-electron chi connectivity index (χ0n) is 19.9. The van der Waals surface area contributed by atoms with Crippen molar-refractivity contribution in [3.63, 3.8) is 0 Å². The van der Waals surface area contributed by atoms with E-state index in [1.807, 2.05) is 0 Å². The molecule has 8 unspecified atom stereocenters.